The summed E-state index contributed by atoms with van der Waals surface area (Å²) in [6.07, 6.45) is 6.09. The van der Waals surface area contributed by atoms with Crippen LogP contribution in [0.25, 0.3) is 0 Å². The van der Waals surface area contributed by atoms with E-state index in [2.05, 4.69) is 12.2 Å². The minimum Gasteiger partial charge on any atom is -0.378 e. The van der Waals surface area contributed by atoms with Crippen LogP contribution in [0.3, 0.4) is 0 Å². The van der Waals surface area contributed by atoms with Gasteiger partial charge >= 0.3 is 0 Å². The average Bonchev–Trinajstić information content (AvgIpc) is 2.91. The number of hydrogen-bond acceptors (Lipinski definition) is 4. The molecule has 1 aliphatic rings. The van der Waals surface area contributed by atoms with E-state index >= 15 is 0 Å². The van der Waals surface area contributed by atoms with Gasteiger partial charge in [0.25, 0.3) is 0 Å². The van der Waals surface area contributed by atoms with E-state index in [0.717, 1.165) is 26.0 Å². The van der Waals surface area contributed by atoms with Crippen LogP contribution in [0.1, 0.15) is 41.8 Å². The summed E-state index contributed by atoms with van der Waals surface area (Å²) in [5.41, 5.74) is 1.29. The molecule has 1 N–H and O–H groups in total. The second kappa shape index (κ2) is 6.47. The van der Waals surface area contributed by atoms with Gasteiger partial charge in [0.15, 0.2) is 0 Å². The standard InChI is InChI=1S/C13H22N2OS/c1-3-5-11-12(9-14-2)17-13(15-11)8-10-6-4-7-16-10/h10,14H,3-9H2,1-2H3. The van der Waals surface area contributed by atoms with Crippen molar-refractivity contribution in [3.63, 3.8) is 0 Å². The maximum Gasteiger partial charge on any atom is 0.0957 e. The number of ether oxygens (including phenoxy) is 1. The van der Waals surface area contributed by atoms with Crippen molar-refractivity contribution in [2.24, 2.45) is 0 Å². The van der Waals surface area contributed by atoms with Gasteiger partial charge in [-0.1, -0.05) is 13.3 Å². The number of nitrogens with one attached hydrogen (secondary N) is 1. The normalized spacial score (nSPS) is 20.0. The van der Waals surface area contributed by atoms with Crippen molar-refractivity contribution in [3.8, 4) is 0 Å². The van der Waals surface area contributed by atoms with Crippen molar-refractivity contribution in [2.45, 2.75) is 51.7 Å². The van der Waals surface area contributed by atoms with Crippen molar-refractivity contribution in [2.75, 3.05) is 13.7 Å². The maximum absolute atomic E-state index is 5.68. The fourth-order valence-electron chi connectivity index (χ4n) is 2.26. The molecule has 2 rings (SSSR count). The van der Waals surface area contributed by atoms with Crippen molar-refractivity contribution in [3.05, 3.63) is 15.6 Å². The highest BCUT2D eigenvalue weighted by Gasteiger charge is 2.19. The van der Waals surface area contributed by atoms with Gasteiger partial charge in [0.1, 0.15) is 0 Å². The first-order valence-electron chi connectivity index (χ1n) is 6.57. The van der Waals surface area contributed by atoms with E-state index in [1.54, 1.807) is 0 Å². The molecular weight excluding hydrogens is 232 g/mol. The average molecular weight is 254 g/mol. The highest BCUT2D eigenvalue weighted by molar-refractivity contribution is 7.11. The Hall–Kier alpha value is -0.450. The zero-order chi connectivity index (χ0) is 12.1. The summed E-state index contributed by atoms with van der Waals surface area (Å²) in [4.78, 5) is 6.19. The van der Waals surface area contributed by atoms with E-state index in [9.17, 15) is 0 Å². The number of rotatable bonds is 6. The van der Waals surface area contributed by atoms with Gasteiger partial charge < -0.3 is 10.1 Å². The number of hydrogen-bond donors (Lipinski definition) is 1. The number of thiazole rings is 1. The van der Waals surface area contributed by atoms with Crippen molar-refractivity contribution < 1.29 is 4.74 Å². The van der Waals surface area contributed by atoms with E-state index in [4.69, 9.17) is 9.72 Å². The van der Waals surface area contributed by atoms with Crippen LogP contribution in [0.2, 0.25) is 0 Å². The molecule has 2 heterocycles. The molecule has 1 unspecified atom stereocenters. The minimum atomic E-state index is 0.415. The lowest BCUT2D eigenvalue weighted by Crippen LogP contribution is -2.08. The predicted octanol–water partition coefficient (Wildman–Crippen LogP) is 2.54. The Kier molecular flexibility index (Phi) is 4.95. The Balaban J connectivity index is 2.03. The van der Waals surface area contributed by atoms with Crippen LogP contribution in [0, 0.1) is 0 Å². The molecule has 1 atom stereocenters. The van der Waals surface area contributed by atoms with Gasteiger partial charge in [0.2, 0.25) is 0 Å². The predicted molar refractivity (Wildman–Crippen MR) is 71.6 cm³/mol. The largest absolute Gasteiger partial charge is 0.378 e. The lowest BCUT2D eigenvalue weighted by atomic mass is 10.2. The molecule has 1 aliphatic heterocycles. The Labute approximate surface area is 108 Å². The van der Waals surface area contributed by atoms with Gasteiger partial charge in [0.05, 0.1) is 16.8 Å². The summed E-state index contributed by atoms with van der Waals surface area (Å²) in [7, 11) is 2.00. The lowest BCUT2D eigenvalue weighted by molar-refractivity contribution is 0.111. The molecule has 3 nitrogen and oxygen atoms in total. The van der Waals surface area contributed by atoms with Crippen molar-refractivity contribution in [1.29, 1.82) is 0 Å². The van der Waals surface area contributed by atoms with Crippen LogP contribution >= 0.6 is 11.3 Å². The van der Waals surface area contributed by atoms with Gasteiger partial charge in [-0.15, -0.1) is 11.3 Å². The molecule has 0 aliphatic carbocycles. The van der Waals surface area contributed by atoms with Crippen LogP contribution in [0.15, 0.2) is 0 Å². The first kappa shape index (κ1) is 13.0. The van der Waals surface area contributed by atoms with E-state index in [1.807, 2.05) is 18.4 Å². The van der Waals surface area contributed by atoms with Crippen LogP contribution in [-0.2, 0) is 24.1 Å². The van der Waals surface area contributed by atoms with Crippen LogP contribution in [0.4, 0.5) is 0 Å². The molecule has 96 valence electrons. The van der Waals surface area contributed by atoms with Crippen LogP contribution in [-0.4, -0.2) is 24.7 Å². The molecular formula is C13H22N2OS. The molecule has 17 heavy (non-hydrogen) atoms. The Morgan fingerprint density at radius 1 is 1.53 bits per heavy atom. The van der Waals surface area contributed by atoms with E-state index in [-0.39, 0.29) is 0 Å². The lowest BCUT2D eigenvalue weighted by Gasteiger charge is -2.05. The molecule has 0 spiro atoms. The molecule has 0 radical (unpaired) electrons. The first-order chi connectivity index (χ1) is 8.33. The summed E-state index contributed by atoms with van der Waals surface area (Å²) in [5, 5.41) is 4.48. The van der Waals surface area contributed by atoms with Crippen molar-refractivity contribution in [1.82, 2.24) is 10.3 Å². The minimum absolute atomic E-state index is 0.415. The molecule has 1 aromatic heterocycles. The summed E-state index contributed by atoms with van der Waals surface area (Å²) < 4.78 is 5.68. The first-order valence-corrected chi connectivity index (χ1v) is 7.38. The Morgan fingerprint density at radius 2 is 2.41 bits per heavy atom. The number of aryl methyl sites for hydroxylation is 1. The van der Waals surface area contributed by atoms with Gasteiger partial charge in [-0.05, 0) is 26.3 Å². The Morgan fingerprint density at radius 3 is 3.06 bits per heavy atom. The van der Waals surface area contributed by atoms with E-state index < -0.39 is 0 Å². The van der Waals surface area contributed by atoms with Gasteiger partial charge in [0, 0.05) is 24.4 Å². The third kappa shape index (κ3) is 3.50. The molecule has 0 aromatic carbocycles. The summed E-state index contributed by atoms with van der Waals surface area (Å²) in [6, 6.07) is 0. The van der Waals surface area contributed by atoms with Gasteiger partial charge in [-0.25, -0.2) is 4.98 Å². The third-order valence-corrected chi connectivity index (χ3v) is 4.19. The molecule has 0 saturated carbocycles. The smallest absolute Gasteiger partial charge is 0.0957 e. The fraction of sp³-hybridized carbons (Fsp3) is 0.769. The third-order valence-electron chi connectivity index (χ3n) is 3.07. The zero-order valence-corrected chi connectivity index (χ0v) is 11.6. The second-order valence-electron chi connectivity index (χ2n) is 4.60. The van der Waals surface area contributed by atoms with E-state index in [1.165, 1.54) is 34.8 Å². The summed E-state index contributed by atoms with van der Waals surface area (Å²) in [5.74, 6) is 0. The highest BCUT2D eigenvalue weighted by Crippen LogP contribution is 2.24. The monoisotopic (exact) mass is 254 g/mol. The van der Waals surface area contributed by atoms with Crippen LogP contribution < -0.4 is 5.32 Å². The van der Waals surface area contributed by atoms with Gasteiger partial charge in [-0.3, -0.25) is 0 Å². The molecule has 1 aromatic rings. The Bertz CT molecular complexity index is 322. The van der Waals surface area contributed by atoms with Gasteiger partial charge in [-0.2, -0.15) is 0 Å². The van der Waals surface area contributed by atoms with E-state index in [0.29, 0.717) is 6.10 Å². The second-order valence-corrected chi connectivity index (χ2v) is 5.77. The summed E-state index contributed by atoms with van der Waals surface area (Å²) in [6.45, 7) is 4.09. The molecule has 1 saturated heterocycles. The molecule has 4 heteroatoms. The zero-order valence-electron chi connectivity index (χ0n) is 10.8. The molecule has 1 fully saturated rings. The van der Waals surface area contributed by atoms with Crippen molar-refractivity contribution >= 4 is 11.3 Å². The number of aromatic nitrogens is 1. The topological polar surface area (TPSA) is 34.1 Å². The molecule has 0 bridgehead atoms. The highest BCUT2D eigenvalue weighted by atomic mass is 32.1. The summed E-state index contributed by atoms with van der Waals surface area (Å²) >= 11 is 1.86. The molecule has 0 amide bonds. The quantitative estimate of drug-likeness (QED) is 0.847. The SMILES string of the molecule is CCCc1nc(CC2CCCO2)sc1CNC. The maximum atomic E-state index is 5.68. The fourth-order valence-corrected chi connectivity index (χ4v) is 3.45. The number of nitrogens with zero attached hydrogens (tertiary/aromatic N) is 1. The van der Waals surface area contributed by atoms with Crippen LogP contribution in [0.5, 0.6) is 0 Å².